The molecule has 1 N–H and O–H groups in total. The maximum absolute atomic E-state index is 14.6. The standard InChI is InChI=1S/C36H40BrN3O6S/c1-4-5-21-38-36(42)32(23-27-13-8-6-9-14-27)39(25-28-15-12-16-29(37)22-28)35(41)26-40(30-17-10-7-11-18-30)47(43,44)31-19-20-33(45-2)34(24-31)46-3/h6-20,22,24,32H,4-5,21,23,25-26H2,1-3H3,(H,38,42). The van der Waals surface area contributed by atoms with Gasteiger partial charge in [0.05, 0.1) is 24.8 Å². The fraction of sp³-hybridized carbons (Fsp3) is 0.278. The molecule has 0 aliphatic rings. The summed E-state index contributed by atoms with van der Waals surface area (Å²) < 4.78 is 41.2. The van der Waals surface area contributed by atoms with Crippen LogP contribution in [0.4, 0.5) is 5.69 Å². The van der Waals surface area contributed by atoms with Gasteiger partial charge in [0, 0.05) is 30.0 Å². The van der Waals surface area contributed by atoms with Crippen molar-refractivity contribution in [3.05, 3.63) is 119 Å². The monoisotopic (exact) mass is 721 g/mol. The molecule has 47 heavy (non-hydrogen) atoms. The number of unbranched alkanes of at least 4 members (excludes halogenated alkanes) is 1. The number of nitrogens with one attached hydrogen (secondary N) is 1. The summed E-state index contributed by atoms with van der Waals surface area (Å²) in [7, 11) is -1.42. The van der Waals surface area contributed by atoms with Gasteiger partial charge in [-0.25, -0.2) is 8.42 Å². The number of carbonyl (C=O) groups is 2. The summed E-state index contributed by atoms with van der Waals surface area (Å²) in [4.78, 5) is 29.8. The summed E-state index contributed by atoms with van der Waals surface area (Å²) >= 11 is 3.51. The van der Waals surface area contributed by atoms with Crippen molar-refractivity contribution in [2.24, 2.45) is 0 Å². The van der Waals surface area contributed by atoms with Crippen molar-refractivity contribution in [1.29, 1.82) is 0 Å². The van der Waals surface area contributed by atoms with Gasteiger partial charge in [0.25, 0.3) is 10.0 Å². The van der Waals surface area contributed by atoms with Crippen molar-refractivity contribution in [3.63, 3.8) is 0 Å². The van der Waals surface area contributed by atoms with Crippen LogP contribution < -0.4 is 19.1 Å². The number of rotatable bonds is 16. The van der Waals surface area contributed by atoms with Gasteiger partial charge >= 0.3 is 0 Å². The van der Waals surface area contributed by atoms with E-state index in [-0.39, 0.29) is 29.5 Å². The molecule has 0 aliphatic heterocycles. The molecule has 1 atom stereocenters. The Labute approximate surface area is 285 Å². The second kappa shape index (κ2) is 17.0. The molecule has 248 valence electrons. The van der Waals surface area contributed by atoms with E-state index < -0.39 is 28.5 Å². The van der Waals surface area contributed by atoms with Gasteiger partial charge in [-0.15, -0.1) is 0 Å². The van der Waals surface area contributed by atoms with Crippen LogP contribution in [0.2, 0.25) is 0 Å². The third kappa shape index (κ3) is 9.36. The fourth-order valence-electron chi connectivity index (χ4n) is 5.12. The van der Waals surface area contributed by atoms with Crippen molar-refractivity contribution in [2.75, 3.05) is 31.6 Å². The third-order valence-electron chi connectivity index (χ3n) is 7.61. The normalized spacial score (nSPS) is 11.7. The van der Waals surface area contributed by atoms with Gasteiger partial charge in [0.15, 0.2) is 11.5 Å². The zero-order chi connectivity index (χ0) is 33.8. The Morgan fingerprint density at radius 1 is 0.830 bits per heavy atom. The number of amides is 2. The SMILES string of the molecule is CCCCNC(=O)C(Cc1ccccc1)N(Cc1cccc(Br)c1)C(=O)CN(c1ccccc1)S(=O)(=O)c1ccc(OC)c(OC)c1. The Bertz CT molecular complexity index is 1740. The molecule has 0 radical (unpaired) electrons. The Morgan fingerprint density at radius 2 is 1.49 bits per heavy atom. The first-order chi connectivity index (χ1) is 22.7. The summed E-state index contributed by atoms with van der Waals surface area (Å²) in [5.41, 5.74) is 1.94. The molecule has 11 heteroatoms. The minimum Gasteiger partial charge on any atom is -0.493 e. The molecular weight excluding hydrogens is 682 g/mol. The zero-order valence-electron chi connectivity index (χ0n) is 26.8. The molecule has 0 aliphatic carbocycles. The van der Waals surface area contributed by atoms with Gasteiger partial charge in [-0.3, -0.25) is 13.9 Å². The summed E-state index contributed by atoms with van der Waals surface area (Å²) in [6.45, 7) is 2.02. The molecule has 4 aromatic rings. The lowest BCUT2D eigenvalue weighted by Gasteiger charge is -2.34. The maximum Gasteiger partial charge on any atom is 0.264 e. The van der Waals surface area contributed by atoms with E-state index in [9.17, 15) is 18.0 Å². The second-order valence-corrected chi connectivity index (χ2v) is 13.6. The van der Waals surface area contributed by atoms with Crippen LogP contribution in [0, 0.1) is 0 Å². The molecule has 9 nitrogen and oxygen atoms in total. The molecule has 0 aromatic heterocycles. The van der Waals surface area contributed by atoms with Crippen molar-refractivity contribution >= 4 is 43.5 Å². The number of hydrogen-bond donors (Lipinski definition) is 1. The quantitative estimate of drug-likeness (QED) is 0.138. The number of nitrogens with zero attached hydrogens (tertiary/aromatic N) is 2. The Balaban J connectivity index is 1.79. The van der Waals surface area contributed by atoms with Crippen LogP contribution >= 0.6 is 15.9 Å². The molecule has 0 fully saturated rings. The lowest BCUT2D eigenvalue weighted by Crippen LogP contribution is -2.53. The third-order valence-corrected chi connectivity index (χ3v) is 9.87. The fourth-order valence-corrected chi connectivity index (χ4v) is 7.00. The number of anilines is 1. The first-order valence-corrected chi connectivity index (χ1v) is 17.6. The van der Waals surface area contributed by atoms with Crippen LogP contribution in [0.1, 0.15) is 30.9 Å². The van der Waals surface area contributed by atoms with E-state index in [1.807, 2.05) is 61.5 Å². The largest absolute Gasteiger partial charge is 0.493 e. The second-order valence-electron chi connectivity index (χ2n) is 10.9. The average molecular weight is 723 g/mol. The first kappa shape index (κ1) is 35.5. The van der Waals surface area contributed by atoms with Crippen molar-refractivity contribution < 1.29 is 27.5 Å². The van der Waals surface area contributed by atoms with E-state index in [0.29, 0.717) is 18.0 Å². The van der Waals surface area contributed by atoms with Crippen LogP contribution in [-0.4, -0.2) is 58.5 Å². The Kier molecular flexibility index (Phi) is 12.8. The lowest BCUT2D eigenvalue weighted by molar-refractivity contribution is -0.140. The molecule has 4 rings (SSSR count). The van der Waals surface area contributed by atoms with Gasteiger partial charge in [0.1, 0.15) is 12.6 Å². The molecule has 0 saturated carbocycles. The number of para-hydroxylation sites is 1. The number of halogens is 1. The topological polar surface area (TPSA) is 105 Å². The summed E-state index contributed by atoms with van der Waals surface area (Å²) in [5.74, 6) is -0.244. The van der Waals surface area contributed by atoms with Crippen LogP contribution in [0.3, 0.4) is 0 Å². The van der Waals surface area contributed by atoms with Crippen molar-refractivity contribution in [1.82, 2.24) is 10.2 Å². The molecule has 0 heterocycles. The van der Waals surface area contributed by atoms with E-state index in [1.165, 1.54) is 37.3 Å². The Hall–Kier alpha value is -4.35. The van der Waals surface area contributed by atoms with Gasteiger partial charge in [-0.1, -0.05) is 89.9 Å². The van der Waals surface area contributed by atoms with E-state index in [2.05, 4.69) is 21.2 Å². The molecule has 0 bridgehead atoms. The summed E-state index contributed by atoms with van der Waals surface area (Å²) in [5, 5.41) is 3.00. The molecule has 2 amide bonds. The highest BCUT2D eigenvalue weighted by molar-refractivity contribution is 9.10. The molecule has 1 unspecified atom stereocenters. The molecule has 4 aromatic carbocycles. The predicted octanol–water partition coefficient (Wildman–Crippen LogP) is 6.22. The minimum atomic E-state index is -4.30. The number of benzene rings is 4. The number of methoxy groups -OCH3 is 2. The average Bonchev–Trinajstić information content (AvgIpc) is 3.09. The van der Waals surface area contributed by atoms with Crippen LogP contribution in [-0.2, 0) is 32.6 Å². The minimum absolute atomic E-state index is 0.0794. The van der Waals surface area contributed by atoms with Crippen molar-refractivity contribution in [3.8, 4) is 11.5 Å². The zero-order valence-corrected chi connectivity index (χ0v) is 29.2. The smallest absolute Gasteiger partial charge is 0.264 e. The first-order valence-electron chi connectivity index (χ1n) is 15.3. The highest BCUT2D eigenvalue weighted by Gasteiger charge is 2.35. The predicted molar refractivity (Wildman–Crippen MR) is 187 cm³/mol. The number of ether oxygens (including phenoxy) is 2. The van der Waals surface area contributed by atoms with E-state index in [4.69, 9.17) is 9.47 Å². The van der Waals surface area contributed by atoms with Crippen LogP contribution in [0.5, 0.6) is 11.5 Å². The van der Waals surface area contributed by atoms with E-state index >= 15 is 0 Å². The lowest BCUT2D eigenvalue weighted by atomic mass is 10.0. The summed E-state index contributed by atoms with van der Waals surface area (Å²) in [6.07, 6.45) is 1.92. The van der Waals surface area contributed by atoms with Crippen molar-refractivity contribution in [2.45, 2.75) is 43.7 Å². The number of sulfonamides is 1. The Morgan fingerprint density at radius 3 is 2.13 bits per heavy atom. The summed E-state index contributed by atoms with van der Waals surface area (Å²) in [6, 6.07) is 28.8. The molecular formula is C36H40BrN3O6S. The van der Waals surface area contributed by atoms with Gasteiger partial charge in [0.2, 0.25) is 11.8 Å². The van der Waals surface area contributed by atoms with Gasteiger partial charge < -0.3 is 19.7 Å². The van der Waals surface area contributed by atoms with Gasteiger partial charge in [-0.05, 0) is 53.9 Å². The van der Waals surface area contributed by atoms with E-state index in [0.717, 1.165) is 32.7 Å². The van der Waals surface area contributed by atoms with Crippen LogP contribution in [0.15, 0.2) is 112 Å². The molecule has 0 spiro atoms. The molecule has 0 saturated heterocycles. The number of carbonyl (C=O) groups excluding carboxylic acids is 2. The maximum atomic E-state index is 14.6. The van der Waals surface area contributed by atoms with E-state index in [1.54, 1.807) is 30.3 Å². The highest BCUT2D eigenvalue weighted by Crippen LogP contribution is 2.32. The van der Waals surface area contributed by atoms with Crippen LogP contribution in [0.25, 0.3) is 0 Å². The number of hydrogen-bond acceptors (Lipinski definition) is 6. The van der Waals surface area contributed by atoms with Gasteiger partial charge in [-0.2, -0.15) is 0 Å². The highest BCUT2D eigenvalue weighted by atomic mass is 79.9.